The Kier molecular flexibility index (Phi) is 7.17. The van der Waals surface area contributed by atoms with Gasteiger partial charge in [0, 0.05) is 27.8 Å². The Balaban J connectivity index is 0.00000220. The Morgan fingerprint density at radius 3 is 2.67 bits per heavy atom. The fourth-order valence-corrected chi connectivity index (χ4v) is 3.83. The van der Waals surface area contributed by atoms with Crippen molar-refractivity contribution in [3.8, 4) is 0 Å². The monoisotopic (exact) mass is 330 g/mol. The van der Waals surface area contributed by atoms with Crippen molar-refractivity contribution in [2.75, 3.05) is 0 Å². The molecule has 120 valence electrons. The smallest absolute Gasteiger partial charge is 0.226 e. The van der Waals surface area contributed by atoms with Crippen molar-refractivity contribution in [1.29, 1.82) is 0 Å². The molecule has 0 aromatic carbocycles. The Labute approximate surface area is 138 Å². The lowest BCUT2D eigenvalue weighted by Crippen LogP contribution is -2.43. The van der Waals surface area contributed by atoms with Crippen LogP contribution in [0.5, 0.6) is 0 Å². The van der Waals surface area contributed by atoms with Gasteiger partial charge in [-0.1, -0.05) is 6.42 Å². The Bertz CT molecular complexity index is 461. The molecule has 0 saturated heterocycles. The van der Waals surface area contributed by atoms with E-state index in [1.165, 1.54) is 9.75 Å². The number of carbonyl (C=O) groups excluding carboxylic acids is 1. The van der Waals surface area contributed by atoms with E-state index in [0.717, 1.165) is 32.2 Å². The SMILES string of the molecule is Cc1ccc(CN(C(=O)C2CCCC(N)C2)C(C)C)s1.Cl. The highest BCUT2D eigenvalue weighted by molar-refractivity contribution is 7.11. The van der Waals surface area contributed by atoms with Gasteiger partial charge in [0.2, 0.25) is 5.91 Å². The van der Waals surface area contributed by atoms with Gasteiger partial charge in [0.1, 0.15) is 0 Å². The van der Waals surface area contributed by atoms with Crippen LogP contribution in [0.1, 0.15) is 49.3 Å². The zero-order valence-corrected chi connectivity index (χ0v) is 14.8. The van der Waals surface area contributed by atoms with Crippen LogP contribution < -0.4 is 5.73 Å². The van der Waals surface area contributed by atoms with Crippen LogP contribution in [0, 0.1) is 12.8 Å². The number of nitrogens with two attached hydrogens (primary N) is 1. The summed E-state index contributed by atoms with van der Waals surface area (Å²) in [7, 11) is 0. The van der Waals surface area contributed by atoms with Gasteiger partial charge in [0.05, 0.1) is 6.54 Å². The predicted octanol–water partition coefficient (Wildman–Crippen LogP) is 3.73. The van der Waals surface area contributed by atoms with E-state index in [0.29, 0.717) is 5.91 Å². The van der Waals surface area contributed by atoms with Crippen molar-refractivity contribution in [3.05, 3.63) is 21.9 Å². The van der Waals surface area contributed by atoms with Gasteiger partial charge < -0.3 is 10.6 Å². The van der Waals surface area contributed by atoms with Gasteiger partial charge in [-0.25, -0.2) is 0 Å². The van der Waals surface area contributed by atoms with Crippen LogP contribution in [0.2, 0.25) is 0 Å². The van der Waals surface area contributed by atoms with E-state index in [1.807, 2.05) is 4.90 Å². The summed E-state index contributed by atoms with van der Waals surface area (Å²) in [6.45, 7) is 7.04. The molecule has 1 saturated carbocycles. The highest BCUT2D eigenvalue weighted by atomic mass is 35.5. The molecule has 2 unspecified atom stereocenters. The third kappa shape index (κ3) is 4.97. The first kappa shape index (κ1) is 18.5. The molecule has 5 heteroatoms. The Morgan fingerprint density at radius 2 is 2.14 bits per heavy atom. The standard InChI is InChI=1S/C16H26N2OS.ClH/c1-11(2)18(10-15-8-7-12(3)20-15)16(19)13-5-4-6-14(17)9-13;/h7-8,11,13-14H,4-6,9-10,17H2,1-3H3;1H. The number of halogens is 1. The highest BCUT2D eigenvalue weighted by Crippen LogP contribution is 2.27. The van der Waals surface area contributed by atoms with Crippen molar-refractivity contribution >= 4 is 29.7 Å². The molecule has 0 radical (unpaired) electrons. The van der Waals surface area contributed by atoms with Crippen molar-refractivity contribution in [2.24, 2.45) is 11.7 Å². The van der Waals surface area contributed by atoms with Gasteiger partial charge in [0.15, 0.2) is 0 Å². The minimum absolute atomic E-state index is 0. The molecule has 1 fully saturated rings. The number of carbonyl (C=O) groups is 1. The number of thiophene rings is 1. The van der Waals surface area contributed by atoms with Gasteiger partial charge in [-0.2, -0.15) is 0 Å². The maximum atomic E-state index is 12.8. The van der Waals surface area contributed by atoms with E-state index >= 15 is 0 Å². The van der Waals surface area contributed by atoms with E-state index in [4.69, 9.17) is 5.73 Å². The first-order valence-corrected chi connectivity index (χ1v) is 8.40. The normalized spacial score (nSPS) is 22.0. The molecule has 1 aliphatic rings. The Morgan fingerprint density at radius 1 is 1.43 bits per heavy atom. The second-order valence-corrected chi connectivity index (χ2v) is 7.57. The largest absolute Gasteiger partial charge is 0.335 e. The zero-order valence-electron chi connectivity index (χ0n) is 13.2. The summed E-state index contributed by atoms with van der Waals surface area (Å²) in [6.07, 6.45) is 4.00. The Hall–Kier alpha value is -0.580. The predicted molar refractivity (Wildman–Crippen MR) is 91.9 cm³/mol. The van der Waals surface area contributed by atoms with Crippen LogP contribution in [0.25, 0.3) is 0 Å². The molecule has 1 aromatic rings. The zero-order chi connectivity index (χ0) is 14.7. The summed E-state index contributed by atoms with van der Waals surface area (Å²) in [6, 6.07) is 4.70. The third-order valence-electron chi connectivity index (χ3n) is 4.09. The number of rotatable bonds is 4. The molecule has 1 amide bonds. The van der Waals surface area contributed by atoms with Crippen LogP contribution in [0.15, 0.2) is 12.1 Å². The maximum Gasteiger partial charge on any atom is 0.226 e. The van der Waals surface area contributed by atoms with Gasteiger partial charge in [-0.3, -0.25) is 4.79 Å². The fourth-order valence-electron chi connectivity index (χ4n) is 2.94. The van der Waals surface area contributed by atoms with E-state index in [-0.39, 0.29) is 30.4 Å². The first-order chi connectivity index (χ1) is 9.47. The lowest BCUT2D eigenvalue weighted by molar-refractivity contribution is -0.139. The number of nitrogens with zero attached hydrogens (tertiary/aromatic N) is 1. The molecule has 21 heavy (non-hydrogen) atoms. The van der Waals surface area contributed by atoms with Gasteiger partial charge in [0.25, 0.3) is 0 Å². The molecule has 1 aromatic heterocycles. The highest BCUT2D eigenvalue weighted by Gasteiger charge is 2.30. The lowest BCUT2D eigenvalue weighted by Gasteiger charge is -2.33. The molecule has 1 heterocycles. The minimum Gasteiger partial charge on any atom is -0.335 e. The third-order valence-corrected chi connectivity index (χ3v) is 5.08. The quantitative estimate of drug-likeness (QED) is 0.914. The molecular formula is C16H27ClN2OS. The minimum atomic E-state index is 0. The summed E-state index contributed by atoms with van der Waals surface area (Å²) in [5.41, 5.74) is 6.03. The maximum absolute atomic E-state index is 12.8. The number of amides is 1. The molecule has 0 bridgehead atoms. The van der Waals surface area contributed by atoms with E-state index in [1.54, 1.807) is 11.3 Å². The average Bonchev–Trinajstić information content (AvgIpc) is 2.80. The second kappa shape index (κ2) is 8.16. The van der Waals surface area contributed by atoms with Crippen LogP contribution in [-0.4, -0.2) is 22.9 Å². The summed E-state index contributed by atoms with van der Waals surface area (Å²) in [5.74, 6) is 0.420. The molecule has 3 nitrogen and oxygen atoms in total. The lowest BCUT2D eigenvalue weighted by atomic mass is 9.85. The van der Waals surface area contributed by atoms with Gasteiger partial charge >= 0.3 is 0 Å². The van der Waals surface area contributed by atoms with Crippen molar-refractivity contribution in [1.82, 2.24) is 4.90 Å². The molecular weight excluding hydrogens is 304 g/mol. The number of hydrogen-bond donors (Lipinski definition) is 1. The summed E-state index contributed by atoms with van der Waals surface area (Å²) >= 11 is 1.78. The summed E-state index contributed by atoms with van der Waals surface area (Å²) < 4.78 is 0. The first-order valence-electron chi connectivity index (χ1n) is 7.58. The van der Waals surface area contributed by atoms with Crippen LogP contribution in [0.3, 0.4) is 0 Å². The van der Waals surface area contributed by atoms with E-state index in [9.17, 15) is 4.79 Å². The topological polar surface area (TPSA) is 46.3 Å². The molecule has 0 aliphatic heterocycles. The van der Waals surface area contributed by atoms with Crippen LogP contribution >= 0.6 is 23.7 Å². The van der Waals surface area contributed by atoms with Crippen LogP contribution in [-0.2, 0) is 11.3 Å². The molecule has 0 spiro atoms. The van der Waals surface area contributed by atoms with Gasteiger partial charge in [-0.15, -0.1) is 23.7 Å². The fraction of sp³-hybridized carbons (Fsp3) is 0.688. The molecule has 2 rings (SSSR count). The number of hydrogen-bond acceptors (Lipinski definition) is 3. The second-order valence-electron chi connectivity index (χ2n) is 6.20. The molecule has 2 atom stereocenters. The van der Waals surface area contributed by atoms with Crippen LogP contribution in [0.4, 0.5) is 0 Å². The molecule has 2 N–H and O–H groups in total. The van der Waals surface area contributed by atoms with Crippen molar-refractivity contribution in [3.63, 3.8) is 0 Å². The van der Waals surface area contributed by atoms with Gasteiger partial charge in [-0.05, 0) is 52.2 Å². The summed E-state index contributed by atoms with van der Waals surface area (Å²) in [5, 5.41) is 0. The molecule has 1 aliphatic carbocycles. The van der Waals surface area contributed by atoms with Crippen molar-refractivity contribution < 1.29 is 4.79 Å². The van der Waals surface area contributed by atoms with Crippen molar-refractivity contribution in [2.45, 2.75) is 65.1 Å². The number of aryl methyl sites for hydroxylation is 1. The summed E-state index contributed by atoms with van der Waals surface area (Å²) in [4.78, 5) is 17.4. The van der Waals surface area contributed by atoms with E-state index in [2.05, 4.69) is 32.9 Å². The average molecular weight is 331 g/mol. The van der Waals surface area contributed by atoms with E-state index < -0.39 is 0 Å².